The van der Waals surface area contributed by atoms with E-state index in [1.165, 1.54) is 13.2 Å². The molecular formula is C22H34N3O6-. The van der Waals surface area contributed by atoms with Gasteiger partial charge in [0.15, 0.2) is 11.7 Å². The van der Waals surface area contributed by atoms with Gasteiger partial charge in [0, 0.05) is 13.0 Å². The molecule has 0 unspecified atom stereocenters. The smallest absolute Gasteiger partial charge is 0.407 e. The summed E-state index contributed by atoms with van der Waals surface area (Å²) in [7, 11) is 0. The zero-order valence-corrected chi connectivity index (χ0v) is 18.9. The highest BCUT2D eigenvalue weighted by molar-refractivity contribution is 5.92. The number of unbranched alkanes of at least 4 members (excludes halogenated alkanes) is 2. The first kappa shape index (κ1) is 24.8. The topological polar surface area (TPSA) is 125 Å². The highest BCUT2D eigenvalue weighted by atomic mass is 16.5. The van der Waals surface area contributed by atoms with Gasteiger partial charge in [0.05, 0.1) is 18.3 Å². The van der Waals surface area contributed by atoms with Crippen molar-refractivity contribution in [2.24, 2.45) is 5.41 Å². The third-order valence-electron chi connectivity index (χ3n) is 5.40. The first-order chi connectivity index (χ1) is 14.6. The summed E-state index contributed by atoms with van der Waals surface area (Å²) >= 11 is 0. The van der Waals surface area contributed by atoms with Crippen LogP contribution in [-0.2, 0) is 27.4 Å². The van der Waals surface area contributed by atoms with E-state index in [1.807, 2.05) is 20.8 Å². The van der Waals surface area contributed by atoms with E-state index in [9.17, 15) is 19.5 Å². The number of nitrogens with one attached hydrogen (secondary N) is 1. The van der Waals surface area contributed by atoms with Gasteiger partial charge in [-0.2, -0.15) is 0 Å². The van der Waals surface area contributed by atoms with Crippen LogP contribution in [0.4, 0.5) is 4.79 Å². The van der Waals surface area contributed by atoms with Crippen LogP contribution in [0.3, 0.4) is 0 Å². The second-order valence-corrected chi connectivity index (χ2v) is 9.07. The van der Waals surface area contributed by atoms with E-state index in [2.05, 4.69) is 10.3 Å². The molecule has 1 fully saturated rings. The maximum absolute atomic E-state index is 13.1. The van der Waals surface area contributed by atoms with E-state index in [1.54, 1.807) is 4.90 Å². The van der Waals surface area contributed by atoms with Gasteiger partial charge in [-0.3, -0.25) is 9.59 Å². The van der Waals surface area contributed by atoms with Gasteiger partial charge in [-0.25, -0.2) is 9.78 Å². The Morgan fingerprint density at radius 2 is 2.06 bits per heavy atom. The molecule has 0 aliphatic carbocycles. The fourth-order valence-corrected chi connectivity index (χ4v) is 3.68. The lowest BCUT2D eigenvalue weighted by atomic mass is 9.85. The molecule has 9 nitrogen and oxygen atoms in total. The number of likely N-dealkylation sites (tertiary alicyclic amines) is 1. The van der Waals surface area contributed by atoms with E-state index in [-0.39, 0.29) is 18.3 Å². The number of nitrogens with zero attached hydrogens (tertiary/aromatic N) is 2. The van der Waals surface area contributed by atoms with Crippen LogP contribution >= 0.6 is 0 Å². The summed E-state index contributed by atoms with van der Waals surface area (Å²) in [5.74, 6) is 0.266. The fraction of sp³-hybridized carbons (Fsp3) is 0.727. The number of rotatable bonds is 10. The average molecular weight is 437 g/mol. The predicted molar refractivity (Wildman–Crippen MR) is 111 cm³/mol. The Balaban J connectivity index is 1.76. The number of hydrogen-bond donors (Lipinski definition) is 1. The number of aryl methyl sites for hydroxylation is 1. The molecule has 2 amide bonds. The highest BCUT2D eigenvalue weighted by Crippen LogP contribution is 2.26. The van der Waals surface area contributed by atoms with E-state index in [4.69, 9.17) is 9.15 Å². The number of carbonyl (C=O) groups excluding carboxylic acids is 3. The van der Waals surface area contributed by atoms with Crippen molar-refractivity contribution in [2.45, 2.75) is 84.9 Å². The van der Waals surface area contributed by atoms with Crippen molar-refractivity contribution in [3.8, 4) is 0 Å². The van der Waals surface area contributed by atoms with Crippen LogP contribution in [0.15, 0.2) is 10.7 Å². The second-order valence-electron chi connectivity index (χ2n) is 9.07. The number of carbonyl (C=O) groups is 3. The van der Waals surface area contributed by atoms with Gasteiger partial charge in [0.2, 0.25) is 5.91 Å². The van der Waals surface area contributed by atoms with E-state index in [0.29, 0.717) is 37.4 Å². The number of alkyl carbamates (subject to hydrolysis) is 1. The Bertz CT molecular complexity index is 755. The summed E-state index contributed by atoms with van der Waals surface area (Å²) in [5.41, 5.74) is -0.125. The number of amides is 2. The minimum atomic E-state index is -0.778. The quantitative estimate of drug-likeness (QED) is 0.556. The molecule has 1 aromatic rings. The van der Waals surface area contributed by atoms with Crippen LogP contribution < -0.4 is 10.4 Å². The number of Topliss-reactive ketones (excluding diaryl/α,β-unsaturated/α-hetero) is 1. The van der Waals surface area contributed by atoms with Gasteiger partial charge < -0.3 is 24.5 Å². The molecule has 1 aliphatic rings. The van der Waals surface area contributed by atoms with Gasteiger partial charge in [0.1, 0.15) is 12.3 Å². The summed E-state index contributed by atoms with van der Waals surface area (Å²) in [6.45, 7) is 7.47. The Labute approximate surface area is 183 Å². The van der Waals surface area contributed by atoms with Gasteiger partial charge >= 0.3 is 6.09 Å². The number of ether oxygens (including phenoxy) is 1. The fourth-order valence-electron chi connectivity index (χ4n) is 3.68. The third kappa shape index (κ3) is 7.34. The molecule has 31 heavy (non-hydrogen) atoms. The zero-order chi connectivity index (χ0) is 23.0. The lowest BCUT2D eigenvalue weighted by Crippen LogP contribution is -2.56. The molecule has 1 aliphatic heterocycles. The third-order valence-corrected chi connectivity index (χ3v) is 5.40. The maximum Gasteiger partial charge on any atom is 0.407 e. The molecule has 2 rings (SSSR count). The van der Waals surface area contributed by atoms with Crippen LogP contribution in [-0.4, -0.2) is 52.9 Å². The van der Waals surface area contributed by atoms with Gasteiger partial charge in [-0.15, -0.1) is 0 Å². The molecule has 2 atom stereocenters. The molecule has 174 valence electrons. The lowest BCUT2D eigenvalue weighted by molar-refractivity contribution is -0.387. The molecule has 9 heteroatoms. The Morgan fingerprint density at radius 3 is 2.68 bits per heavy atom. The standard InChI is InChI=1S/C22H34N3O6/c1-15(27)17-9-8-11-25(17)20(28)19(22(2,3)4)24-21(29)30-12-7-5-6-10-18-23-16(13-26)14-31-18/h14,17,19H,5-13H2,1-4H3,(H,24,29)/q-1/t17-,19+/m0/s1. The SMILES string of the molecule is CC(=O)[C@@H]1CCCN1C(=O)[C@@H](NC(=O)OCCCCCc1nc(C[O-])co1)C(C)(C)C. The molecular weight excluding hydrogens is 402 g/mol. The van der Waals surface area contributed by atoms with Crippen LogP contribution in [0, 0.1) is 5.41 Å². The van der Waals surface area contributed by atoms with E-state index >= 15 is 0 Å². The first-order valence-electron chi connectivity index (χ1n) is 10.9. The summed E-state index contributed by atoms with van der Waals surface area (Å²) in [6, 6.07) is -1.19. The van der Waals surface area contributed by atoms with Crippen molar-refractivity contribution >= 4 is 17.8 Å². The van der Waals surface area contributed by atoms with Crippen molar-refractivity contribution in [1.29, 1.82) is 0 Å². The van der Waals surface area contributed by atoms with Crippen molar-refractivity contribution in [3.63, 3.8) is 0 Å². The van der Waals surface area contributed by atoms with Crippen molar-refractivity contribution in [1.82, 2.24) is 15.2 Å². The van der Waals surface area contributed by atoms with E-state index in [0.717, 1.165) is 19.3 Å². The van der Waals surface area contributed by atoms with E-state index < -0.39 is 30.2 Å². The Kier molecular flexibility index (Phi) is 9.03. The monoisotopic (exact) mass is 436 g/mol. The molecule has 0 spiro atoms. The summed E-state index contributed by atoms with van der Waals surface area (Å²) < 4.78 is 10.5. The highest BCUT2D eigenvalue weighted by Gasteiger charge is 2.41. The number of aromatic nitrogens is 1. The van der Waals surface area contributed by atoms with Crippen molar-refractivity contribution in [2.75, 3.05) is 13.2 Å². The average Bonchev–Trinajstić information content (AvgIpc) is 3.36. The maximum atomic E-state index is 13.1. The number of hydrogen-bond acceptors (Lipinski definition) is 7. The van der Waals surface area contributed by atoms with Gasteiger partial charge in [-0.1, -0.05) is 27.4 Å². The van der Waals surface area contributed by atoms with Crippen LogP contribution in [0.1, 0.15) is 71.4 Å². The first-order valence-corrected chi connectivity index (χ1v) is 10.9. The number of oxazole rings is 1. The minimum absolute atomic E-state index is 0.0323. The molecule has 1 N–H and O–H groups in total. The predicted octanol–water partition coefficient (Wildman–Crippen LogP) is 1.97. The molecule has 2 heterocycles. The van der Waals surface area contributed by atoms with Gasteiger partial charge in [-0.05, 0) is 44.4 Å². The van der Waals surface area contributed by atoms with Gasteiger partial charge in [0.25, 0.3) is 0 Å². The molecule has 0 aromatic carbocycles. The summed E-state index contributed by atoms with van der Waals surface area (Å²) in [4.78, 5) is 42.9. The van der Waals surface area contributed by atoms with Crippen LogP contribution in [0.5, 0.6) is 0 Å². The summed E-state index contributed by atoms with van der Waals surface area (Å²) in [6.07, 6.45) is 5.07. The minimum Gasteiger partial charge on any atom is -0.850 e. The Hall–Kier alpha value is -2.42. The zero-order valence-electron chi connectivity index (χ0n) is 18.9. The second kappa shape index (κ2) is 11.3. The molecule has 1 aromatic heterocycles. The molecule has 0 saturated carbocycles. The number of ketones is 1. The van der Waals surface area contributed by atoms with Crippen molar-refractivity contribution in [3.05, 3.63) is 17.8 Å². The summed E-state index contributed by atoms with van der Waals surface area (Å²) in [5, 5.41) is 13.4. The molecule has 0 bridgehead atoms. The normalized spacial score (nSPS) is 17.5. The van der Waals surface area contributed by atoms with Crippen molar-refractivity contribution < 1.29 is 28.6 Å². The van der Waals surface area contributed by atoms with Crippen LogP contribution in [0.2, 0.25) is 0 Å². The van der Waals surface area contributed by atoms with Crippen LogP contribution in [0.25, 0.3) is 0 Å². The largest absolute Gasteiger partial charge is 0.850 e. The lowest BCUT2D eigenvalue weighted by Gasteiger charge is -2.34. The Morgan fingerprint density at radius 1 is 1.32 bits per heavy atom. The molecule has 1 saturated heterocycles. The molecule has 0 radical (unpaired) electrons.